The largest absolute Gasteiger partial charge is 0.315 e. The van der Waals surface area contributed by atoms with E-state index in [4.69, 9.17) is 4.98 Å². The SMILES string of the molecule is c1ccc(CC(c2ccc3ccccc3n2)N2CCCNCC2)nc1. The summed E-state index contributed by atoms with van der Waals surface area (Å²) >= 11 is 0. The third-order valence-electron chi connectivity index (χ3n) is 4.91. The van der Waals surface area contributed by atoms with Crippen LogP contribution in [0.5, 0.6) is 0 Å². The molecule has 3 heterocycles. The molecule has 1 N–H and O–H groups in total. The van der Waals surface area contributed by atoms with Crippen molar-refractivity contribution >= 4 is 10.9 Å². The van der Waals surface area contributed by atoms with Crippen LogP contribution in [0.3, 0.4) is 0 Å². The van der Waals surface area contributed by atoms with Gasteiger partial charge in [-0.2, -0.15) is 0 Å². The second-order valence-corrected chi connectivity index (χ2v) is 6.61. The Labute approximate surface area is 148 Å². The number of nitrogens with zero attached hydrogens (tertiary/aromatic N) is 3. The van der Waals surface area contributed by atoms with Crippen molar-refractivity contribution in [2.75, 3.05) is 26.2 Å². The zero-order valence-electron chi connectivity index (χ0n) is 14.4. The highest BCUT2D eigenvalue weighted by atomic mass is 15.2. The zero-order valence-corrected chi connectivity index (χ0v) is 14.4. The lowest BCUT2D eigenvalue weighted by atomic mass is 10.0. The predicted octanol–water partition coefficient (Wildman–Crippen LogP) is 3.21. The Morgan fingerprint density at radius 1 is 0.960 bits per heavy atom. The molecule has 0 saturated carbocycles. The van der Waals surface area contributed by atoms with Crippen LogP contribution >= 0.6 is 0 Å². The third kappa shape index (κ3) is 3.86. The fraction of sp³-hybridized carbons (Fsp3) is 0.333. The molecule has 0 radical (unpaired) electrons. The van der Waals surface area contributed by atoms with Crippen LogP contribution in [-0.4, -0.2) is 41.0 Å². The van der Waals surface area contributed by atoms with Crippen LogP contribution in [0.4, 0.5) is 0 Å². The lowest BCUT2D eigenvalue weighted by Crippen LogP contribution is -2.34. The van der Waals surface area contributed by atoms with Gasteiger partial charge in [0.15, 0.2) is 0 Å². The molecular weight excluding hydrogens is 308 g/mol. The molecule has 2 aromatic heterocycles. The second kappa shape index (κ2) is 7.72. The van der Waals surface area contributed by atoms with Gasteiger partial charge < -0.3 is 5.32 Å². The Bertz CT molecular complexity index is 810. The average molecular weight is 332 g/mol. The summed E-state index contributed by atoms with van der Waals surface area (Å²) in [6, 6.07) is 19.1. The van der Waals surface area contributed by atoms with Crippen LogP contribution in [0.15, 0.2) is 60.8 Å². The number of para-hydroxylation sites is 1. The van der Waals surface area contributed by atoms with Gasteiger partial charge in [-0.3, -0.25) is 14.9 Å². The third-order valence-corrected chi connectivity index (χ3v) is 4.91. The minimum absolute atomic E-state index is 0.263. The van der Waals surface area contributed by atoms with Gasteiger partial charge in [0.05, 0.1) is 17.3 Å². The van der Waals surface area contributed by atoms with Gasteiger partial charge >= 0.3 is 0 Å². The van der Waals surface area contributed by atoms with Crippen LogP contribution in [0.1, 0.15) is 23.9 Å². The Kier molecular flexibility index (Phi) is 5.00. The number of benzene rings is 1. The second-order valence-electron chi connectivity index (χ2n) is 6.61. The number of fused-ring (bicyclic) bond motifs is 1. The maximum absolute atomic E-state index is 4.99. The number of pyridine rings is 2. The van der Waals surface area contributed by atoms with Gasteiger partial charge in [-0.05, 0) is 37.2 Å². The van der Waals surface area contributed by atoms with Crippen molar-refractivity contribution in [2.45, 2.75) is 18.9 Å². The van der Waals surface area contributed by atoms with Crippen LogP contribution < -0.4 is 5.32 Å². The summed E-state index contributed by atoms with van der Waals surface area (Å²) in [5.74, 6) is 0. The maximum Gasteiger partial charge on any atom is 0.0706 e. The maximum atomic E-state index is 4.99. The fourth-order valence-corrected chi connectivity index (χ4v) is 3.58. The lowest BCUT2D eigenvalue weighted by molar-refractivity contribution is 0.204. The Balaban J connectivity index is 1.69. The van der Waals surface area contributed by atoms with Crippen molar-refractivity contribution in [3.8, 4) is 0 Å². The molecule has 1 atom stereocenters. The first kappa shape index (κ1) is 16.2. The molecule has 4 rings (SSSR count). The van der Waals surface area contributed by atoms with E-state index in [1.54, 1.807) is 0 Å². The van der Waals surface area contributed by atoms with E-state index >= 15 is 0 Å². The van der Waals surface area contributed by atoms with E-state index < -0.39 is 0 Å². The highest BCUT2D eigenvalue weighted by molar-refractivity contribution is 5.78. The van der Waals surface area contributed by atoms with Crippen molar-refractivity contribution in [1.82, 2.24) is 20.2 Å². The Morgan fingerprint density at radius 3 is 2.80 bits per heavy atom. The summed E-state index contributed by atoms with van der Waals surface area (Å²) in [5, 5.41) is 4.69. The van der Waals surface area contributed by atoms with Gasteiger partial charge in [0.1, 0.15) is 0 Å². The van der Waals surface area contributed by atoms with E-state index in [9.17, 15) is 0 Å². The molecule has 1 aliphatic rings. The monoisotopic (exact) mass is 332 g/mol. The minimum atomic E-state index is 0.263. The van der Waals surface area contributed by atoms with E-state index in [1.165, 1.54) is 11.8 Å². The van der Waals surface area contributed by atoms with Crippen molar-refractivity contribution in [2.24, 2.45) is 0 Å². The molecule has 1 saturated heterocycles. The van der Waals surface area contributed by atoms with Gasteiger partial charge in [0, 0.05) is 43.3 Å². The lowest BCUT2D eigenvalue weighted by Gasteiger charge is -2.30. The summed E-state index contributed by atoms with van der Waals surface area (Å²) < 4.78 is 0. The summed E-state index contributed by atoms with van der Waals surface area (Å²) in [5.41, 5.74) is 3.34. The molecule has 1 fully saturated rings. The highest BCUT2D eigenvalue weighted by Crippen LogP contribution is 2.25. The summed E-state index contributed by atoms with van der Waals surface area (Å²) in [4.78, 5) is 12.1. The molecule has 128 valence electrons. The molecule has 0 amide bonds. The number of nitrogens with one attached hydrogen (secondary N) is 1. The van der Waals surface area contributed by atoms with Crippen LogP contribution in [0.25, 0.3) is 10.9 Å². The molecule has 4 nitrogen and oxygen atoms in total. The number of hydrogen-bond acceptors (Lipinski definition) is 4. The van der Waals surface area contributed by atoms with Crippen LogP contribution in [0.2, 0.25) is 0 Å². The van der Waals surface area contributed by atoms with Crippen LogP contribution in [-0.2, 0) is 6.42 Å². The first-order valence-electron chi connectivity index (χ1n) is 9.10. The quantitative estimate of drug-likeness (QED) is 0.796. The van der Waals surface area contributed by atoms with E-state index in [2.05, 4.69) is 63.7 Å². The first-order chi connectivity index (χ1) is 12.4. The molecule has 1 unspecified atom stereocenters. The fourth-order valence-electron chi connectivity index (χ4n) is 3.58. The molecule has 0 spiro atoms. The van der Waals surface area contributed by atoms with E-state index in [0.29, 0.717) is 0 Å². The molecule has 1 aliphatic heterocycles. The van der Waals surface area contributed by atoms with Crippen molar-refractivity contribution in [3.05, 3.63) is 72.2 Å². The van der Waals surface area contributed by atoms with Gasteiger partial charge in [-0.1, -0.05) is 30.3 Å². The molecule has 25 heavy (non-hydrogen) atoms. The number of rotatable bonds is 4. The molecule has 1 aromatic carbocycles. The highest BCUT2D eigenvalue weighted by Gasteiger charge is 2.23. The van der Waals surface area contributed by atoms with Crippen molar-refractivity contribution in [3.63, 3.8) is 0 Å². The van der Waals surface area contributed by atoms with Gasteiger partial charge in [-0.25, -0.2) is 0 Å². The smallest absolute Gasteiger partial charge is 0.0706 e. The standard InChI is InChI=1S/C21H24N4/c1-2-8-19-17(6-1)9-10-20(24-19)21(16-18-7-3-4-12-23-18)25-14-5-11-22-13-15-25/h1-4,6-10,12,21-22H,5,11,13-16H2. The molecule has 0 bridgehead atoms. The number of hydrogen-bond donors (Lipinski definition) is 1. The predicted molar refractivity (Wildman–Crippen MR) is 101 cm³/mol. The summed E-state index contributed by atoms with van der Waals surface area (Å²) in [7, 11) is 0. The first-order valence-corrected chi connectivity index (χ1v) is 9.10. The van der Waals surface area contributed by atoms with E-state index in [0.717, 1.165) is 49.5 Å². The zero-order chi connectivity index (χ0) is 16.9. The number of aromatic nitrogens is 2. The van der Waals surface area contributed by atoms with Crippen molar-refractivity contribution < 1.29 is 0 Å². The molecule has 0 aliphatic carbocycles. The van der Waals surface area contributed by atoms with Gasteiger partial charge in [0.25, 0.3) is 0 Å². The van der Waals surface area contributed by atoms with Gasteiger partial charge in [-0.15, -0.1) is 0 Å². The molecule has 4 heteroatoms. The Hall–Kier alpha value is -2.30. The van der Waals surface area contributed by atoms with Crippen LogP contribution in [0, 0.1) is 0 Å². The summed E-state index contributed by atoms with van der Waals surface area (Å²) in [6.07, 6.45) is 3.95. The molecular formula is C21H24N4. The minimum Gasteiger partial charge on any atom is -0.315 e. The average Bonchev–Trinajstić information content (AvgIpc) is 2.96. The Morgan fingerprint density at radius 2 is 1.88 bits per heavy atom. The van der Waals surface area contributed by atoms with Gasteiger partial charge in [0.2, 0.25) is 0 Å². The molecule has 3 aromatic rings. The van der Waals surface area contributed by atoms with E-state index in [1.807, 2.05) is 12.3 Å². The van der Waals surface area contributed by atoms with Crippen molar-refractivity contribution in [1.29, 1.82) is 0 Å². The van der Waals surface area contributed by atoms with E-state index in [-0.39, 0.29) is 6.04 Å². The topological polar surface area (TPSA) is 41.1 Å². The normalized spacial score (nSPS) is 17.3. The summed E-state index contributed by atoms with van der Waals surface area (Å²) in [6.45, 7) is 4.27.